The fraction of sp³-hybridized carbons (Fsp3) is 0.148. The second-order valence-electron chi connectivity index (χ2n) is 7.83. The summed E-state index contributed by atoms with van der Waals surface area (Å²) in [4.78, 5) is 14.0. The smallest absolute Gasteiger partial charge is 0.218 e. The highest BCUT2D eigenvalue weighted by atomic mass is 79.9. The van der Waals surface area contributed by atoms with Crippen LogP contribution in [0, 0.1) is 0 Å². The van der Waals surface area contributed by atoms with Crippen molar-refractivity contribution in [3.05, 3.63) is 100 Å². The van der Waals surface area contributed by atoms with E-state index in [-0.39, 0.29) is 5.78 Å². The highest BCUT2D eigenvalue weighted by Crippen LogP contribution is 2.49. The molecule has 1 atom stereocenters. The van der Waals surface area contributed by atoms with E-state index in [2.05, 4.69) is 46.3 Å². The fourth-order valence-electron chi connectivity index (χ4n) is 4.35. The molecular weight excluding hydrogens is 468 g/mol. The molecule has 4 nitrogen and oxygen atoms in total. The second-order valence-corrected chi connectivity index (χ2v) is 8.74. The molecule has 0 aromatic heterocycles. The van der Waals surface area contributed by atoms with Crippen LogP contribution in [-0.2, 0) is 12.0 Å². The molecule has 4 aromatic carbocycles. The van der Waals surface area contributed by atoms with Crippen LogP contribution in [0.2, 0.25) is 0 Å². The van der Waals surface area contributed by atoms with Crippen molar-refractivity contribution in [2.75, 3.05) is 14.2 Å². The molecule has 1 unspecified atom stereocenters. The van der Waals surface area contributed by atoms with Gasteiger partial charge in [0.25, 0.3) is 0 Å². The number of benzene rings is 4. The monoisotopic (exact) mass is 488 g/mol. The summed E-state index contributed by atoms with van der Waals surface area (Å²) in [5.74, 6) is 1.37. The number of Topliss-reactive ketones (excluding diaryl/α,β-unsaturated/α-hetero) is 1. The van der Waals surface area contributed by atoms with Crippen molar-refractivity contribution >= 4 is 32.5 Å². The van der Waals surface area contributed by atoms with E-state index in [1.165, 1.54) is 0 Å². The summed E-state index contributed by atoms with van der Waals surface area (Å²) in [5, 5.41) is 2.28. The maximum Gasteiger partial charge on any atom is 0.218 e. The zero-order valence-electron chi connectivity index (χ0n) is 17.7. The Morgan fingerprint density at radius 1 is 0.875 bits per heavy atom. The average Bonchev–Trinajstić information content (AvgIpc) is 3.10. The minimum atomic E-state index is -1.20. The zero-order chi connectivity index (χ0) is 22.3. The van der Waals surface area contributed by atoms with Crippen molar-refractivity contribution < 1.29 is 19.0 Å². The Morgan fingerprint density at radius 2 is 1.62 bits per heavy atom. The molecule has 1 aliphatic rings. The maximum atomic E-state index is 14.0. The predicted octanol–water partition coefficient (Wildman–Crippen LogP) is 6.33. The van der Waals surface area contributed by atoms with Gasteiger partial charge in [-0.25, -0.2) is 0 Å². The van der Waals surface area contributed by atoms with Crippen LogP contribution in [-0.4, -0.2) is 20.0 Å². The highest BCUT2D eigenvalue weighted by Gasteiger charge is 2.51. The maximum absolute atomic E-state index is 14.0. The van der Waals surface area contributed by atoms with Crippen LogP contribution in [0.5, 0.6) is 17.2 Å². The van der Waals surface area contributed by atoms with Crippen LogP contribution in [0.1, 0.15) is 21.5 Å². The van der Waals surface area contributed by atoms with Gasteiger partial charge < -0.3 is 14.2 Å². The van der Waals surface area contributed by atoms with E-state index < -0.39 is 5.60 Å². The summed E-state index contributed by atoms with van der Waals surface area (Å²) in [7, 11) is 3.13. The molecule has 0 radical (unpaired) electrons. The molecule has 0 fully saturated rings. The number of hydrogen-bond donors (Lipinski definition) is 0. The van der Waals surface area contributed by atoms with Crippen molar-refractivity contribution in [2.24, 2.45) is 0 Å². The van der Waals surface area contributed by atoms with Crippen molar-refractivity contribution in [1.29, 1.82) is 0 Å². The first-order chi connectivity index (χ1) is 15.5. The van der Waals surface area contributed by atoms with Gasteiger partial charge in [0.1, 0.15) is 22.8 Å². The number of hydrogen-bond acceptors (Lipinski definition) is 4. The molecule has 160 valence electrons. The van der Waals surface area contributed by atoms with Gasteiger partial charge >= 0.3 is 0 Å². The van der Waals surface area contributed by atoms with E-state index >= 15 is 0 Å². The molecule has 5 rings (SSSR count). The Morgan fingerprint density at radius 3 is 2.34 bits per heavy atom. The van der Waals surface area contributed by atoms with Crippen molar-refractivity contribution in [1.82, 2.24) is 0 Å². The first-order valence-corrected chi connectivity index (χ1v) is 11.1. The molecule has 0 saturated carbocycles. The zero-order valence-corrected chi connectivity index (χ0v) is 19.3. The Labute approximate surface area is 194 Å². The summed E-state index contributed by atoms with van der Waals surface area (Å²) in [6.07, 6.45) is 0.387. The number of carbonyl (C=O) groups is 1. The molecule has 1 aliphatic heterocycles. The lowest BCUT2D eigenvalue weighted by Gasteiger charge is -2.28. The summed E-state index contributed by atoms with van der Waals surface area (Å²) in [6.45, 7) is 0. The molecule has 32 heavy (non-hydrogen) atoms. The van der Waals surface area contributed by atoms with E-state index in [1.54, 1.807) is 26.4 Å². The largest absolute Gasteiger partial charge is 0.496 e. The third-order valence-corrected chi connectivity index (χ3v) is 6.48. The first kappa shape index (κ1) is 20.6. The topological polar surface area (TPSA) is 44.8 Å². The predicted molar refractivity (Wildman–Crippen MR) is 128 cm³/mol. The van der Waals surface area contributed by atoms with Crippen LogP contribution in [0.15, 0.2) is 83.3 Å². The molecule has 0 saturated heterocycles. The number of carbonyl (C=O) groups excluding carboxylic acids is 1. The number of rotatable bonds is 5. The van der Waals surface area contributed by atoms with Crippen molar-refractivity contribution in [3.63, 3.8) is 0 Å². The van der Waals surface area contributed by atoms with Gasteiger partial charge in [-0.2, -0.15) is 0 Å². The van der Waals surface area contributed by atoms with Gasteiger partial charge in [0, 0.05) is 28.6 Å². The minimum absolute atomic E-state index is 0.123. The Balaban J connectivity index is 1.67. The molecule has 0 amide bonds. The van der Waals surface area contributed by atoms with Crippen molar-refractivity contribution in [3.8, 4) is 17.2 Å². The quantitative estimate of drug-likeness (QED) is 0.329. The molecule has 0 N–H and O–H groups in total. The standard InChI is InChI=1S/C27H21BrO4/c1-30-22-14-23(31-2)25-24(15-22)32-27(26(25)29,20-9-11-21(28)12-10-20)16-17-7-8-18-5-3-4-6-19(18)13-17/h3-15H,16H2,1-2H3. The number of ether oxygens (including phenoxy) is 3. The number of ketones is 1. The van der Waals surface area contributed by atoms with Crippen LogP contribution in [0.25, 0.3) is 10.8 Å². The SMILES string of the molecule is COc1cc(OC)c2c(c1)OC(Cc1ccc3ccccc3c1)(c1ccc(Br)cc1)C2=O. The Hall–Kier alpha value is -3.31. The number of methoxy groups -OCH3 is 2. The van der Waals surface area contributed by atoms with Crippen LogP contribution >= 0.6 is 15.9 Å². The van der Waals surface area contributed by atoms with Gasteiger partial charge in [0.2, 0.25) is 11.4 Å². The Kier molecular flexibility index (Phi) is 5.14. The summed E-state index contributed by atoms with van der Waals surface area (Å²) in [6, 6.07) is 25.6. The second kappa shape index (κ2) is 7.99. The van der Waals surface area contributed by atoms with Gasteiger partial charge in [-0.1, -0.05) is 70.5 Å². The third-order valence-electron chi connectivity index (χ3n) is 5.95. The Bertz CT molecular complexity index is 1330. The molecule has 0 spiro atoms. The van der Waals surface area contributed by atoms with Crippen LogP contribution in [0.4, 0.5) is 0 Å². The van der Waals surface area contributed by atoms with E-state index in [4.69, 9.17) is 14.2 Å². The van der Waals surface area contributed by atoms with Gasteiger partial charge in [-0.3, -0.25) is 4.79 Å². The highest BCUT2D eigenvalue weighted by molar-refractivity contribution is 9.10. The van der Waals surface area contributed by atoms with Gasteiger partial charge in [-0.15, -0.1) is 0 Å². The van der Waals surface area contributed by atoms with E-state index in [1.807, 2.05) is 36.4 Å². The van der Waals surface area contributed by atoms with Crippen molar-refractivity contribution in [2.45, 2.75) is 12.0 Å². The summed E-state index contributed by atoms with van der Waals surface area (Å²) >= 11 is 3.49. The average molecular weight is 489 g/mol. The number of fused-ring (bicyclic) bond motifs is 2. The molecule has 0 bridgehead atoms. The van der Waals surface area contributed by atoms with Crippen LogP contribution < -0.4 is 14.2 Å². The van der Waals surface area contributed by atoms with Crippen LogP contribution in [0.3, 0.4) is 0 Å². The van der Waals surface area contributed by atoms with E-state index in [9.17, 15) is 4.79 Å². The lowest BCUT2D eigenvalue weighted by Crippen LogP contribution is -2.39. The summed E-state index contributed by atoms with van der Waals surface area (Å²) < 4.78 is 18.4. The molecule has 4 aromatic rings. The lowest BCUT2D eigenvalue weighted by molar-refractivity contribution is 0.0548. The van der Waals surface area contributed by atoms with E-state index in [0.717, 1.165) is 26.4 Å². The fourth-order valence-corrected chi connectivity index (χ4v) is 4.61. The van der Waals surface area contributed by atoms with Gasteiger partial charge in [0.15, 0.2) is 0 Å². The summed E-state index contributed by atoms with van der Waals surface area (Å²) in [5.41, 5.74) is 1.04. The molecule has 0 aliphatic carbocycles. The van der Waals surface area contributed by atoms with E-state index in [0.29, 0.717) is 29.2 Å². The molecule has 1 heterocycles. The van der Waals surface area contributed by atoms with Gasteiger partial charge in [-0.05, 0) is 28.5 Å². The number of halogens is 1. The normalized spacial score (nSPS) is 17.2. The molecular formula is C27H21BrO4. The van der Waals surface area contributed by atoms with Gasteiger partial charge in [0.05, 0.1) is 14.2 Å². The minimum Gasteiger partial charge on any atom is -0.496 e. The lowest BCUT2D eigenvalue weighted by atomic mass is 9.82. The first-order valence-electron chi connectivity index (χ1n) is 10.3. The third kappa shape index (κ3) is 3.33. The molecule has 5 heteroatoms.